The van der Waals surface area contributed by atoms with Crippen LogP contribution >= 0.6 is 0 Å². The zero-order chi connectivity index (χ0) is 11.3. The van der Waals surface area contributed by atoms with Gasteiger partial charge in [-0.2, -0.15) is 0 Å². The first kappa shape index (κ1) is 11.3. The second-order valence-electron chi connectivity index (χ2n) is 3.24. The SMILES string of the molecule is C=Cc1cc(NCCC)ccc1C(=O)O. The van der Waals surface area contributed by atoms with Crippen LogP contribution in [0.3, 0.4) is 0 Å². The first-order chi connectivity index (χ1) is 7.19. The number of nitrogens with one attached hydrogen (secondary N) is 1. The molecule has 0 bridgehead atoms. The third kappa shape index (κ3) is 2.84. The Kier molecular flexibility index (Phi) is 3.92. The minimum absolute atomic E-state index is 0.284. The molecule has 3 heteroatoms. The molecule has 3 nitrogen and oxygen atoms in total. The molecule has 1 aromatic carbocycles. The van der Waals surface area contributed by atoms with Crippen molar-refractivity contribution in [3.8, 4) is 0 Å². The predicted octanol–water partition coefficient (Wildman–Crippen LogP) is 2.85. The van der Waals surface area contributed by atoms with E-state index in [-0.39, 0.29) is 5.56 Å². The molecule has 0 spiro atoms. The second-order valence-corrected chi connectivity index (χ2v) is 3.24. The number of aromatic carboxylic acids is 1. The van der Waals surface area contributed by atoms with Crippen LogP contribution in [0, 0.1) is 0 Å². The summed E-state index contributed by atoms with van der Waals surface area (Å²) in [6.07, 6.45) is 2.59. The summed E-state index contributed by atoms with van der Waals surface area (Å²) < 4.78 is 0. The lowest BCUT2D eigenvalue weighted by molar-refractivity contribution is 0.0696. The summed E-state index contributed by atoms with van der Waals surface area (Å²) in [5.41, 5.74) is 1.85. The normalized spacial score (nSPS) is 9.67. The monoisotopic (exact) mass is 205 g/mol. The molecule has 0 saturated carbocycles. The Morgan fingerprint density at radius 3 is 2.87 bits per heavy atom. The average molecular weight is 205 g/mol. The highest BCUT2D eigenvalue weighted by Crippen LogP contribution is 2.17. The number of hydrogen-bond acceptors (Lipinski definition) is 2. The molecule has 0 radical (unpaired) electrons. The Morgan fingerprint density at radius 2 is 2.33 bits per heavy atom. The summed E-state index contributed by atoms with van der Waals surface area (Å²) in [6.45, 7) is 6.56. The fraction of sp³-hybridized carbons (Fsp3) is 0.250. The molecule has 0 aliphatic carbocycles. The Bertz CT molecular complexity index is 372. The van der Waals surface area contributed by atoms with E-state index in [1.54, 1.807) is 24.3 Å². The summed E-state index contributed by atoms with van der Waals surface area (Å²) in [7, 11) is 0. The quantitative estimate of drug-likeness (QED) is 0.777. The first-order valence-electron chi connectivity index (χ1n) is 4.92. The number of rotatable bonds is 5. The van der Waals surface area contributed by atoms with Gasteiger partial charge in [-0.15, -0.1) is 0 Å². The van der Waals surface area contributed by atoms with E-state index in [4.69, 9.17) is 5.11 Å². The van der Waals surface area contributed by atoms with E-state index in [2.05, 4.69) is 18.8 Å². The molecule has 15 heavy (non-hydrogen) atoms. The van der Waals surface area contributed by atoms with Gasteiger partial charge in [0.05, 0.1) is 5.56 Å². The minimum Gasteiger partial charge on any atom is -0.478 e. The first-order valence-corrected chi connectivity index (χ1v) is 4.92. The highest BCUT2D eigenvalue weighted by Gasteiger charge is 2.07. The van der Waals surface area contributed by atoms with E-state index >= 15 is 0 Å². The lowest BCUT2D eigenvalue weighted by Crippen LogP contribution is -2.03. The minimum atomic E-state index is -0.924. The lowest BCUT2D eigenvalue weighted by Gasteiger charge is -2.07. The second kappa shape index (κ2) is 5.20. The Morgan fingerprint density at radius 1 is 1.60 bits per heavy atom. The van der Waals surface area contributed by atoms with Crippen molar-refractivity contribution in [3.63, 3.8) is 0 Å². The number of benzene rings is 1. The van der Waals surface area contributed by atoms with E-state index in [9.17, 15) is 4.79 Å². The highest BCUT2D eigenvalue weighted by molar-refractivity contribution is 5.92. The van der Waals surface area contributed by atoms with Gasteiger partial charge in [-0.1, -0.05) is 19.6 Å². The molecule has 0 aliphatic heterocycles. The van der Waals surface area contributed by atoms with Crippen LogP contribution in [0.1, 0.15) is 29.3 Å². The largest absolute Gasteiger partial charge is 0.478 e. The maximum absolute atomic E-state index is 10.8. The van der Waals surface area contributed by atoms with Gasteiger partial charge in [0.15, 0.2) is 0 Å². The smallest absolute Gasteiger partial charge is 0.336 e. The van der Waals surface area contributed by atoms with Crippen LogP contribution in [0.15, 0.2) is 24.8 Å². The number of carboxylic acid groups (broad SMARTS) is 1. The summed E-state index contributed by atoms with van der Waals surface area (Å²) in [4.78, 5) is 10.8. The van der Waals surface area contributed by atoms with Gasteiger partial charge in [0.1, 0.15) is 0 Å². The van der Waals surface area contributed by atoms with Gasteiger partial charge in [0.2, 0.25) is 0 Å². The molecule has 0 heterocycles. The summed E-state index contributed by atoms with van der Waals surface area (Å²) in [5, 5.41) is 12.1. The third-order valence-electron chi connectivity index (χ3n) is 2.08. The van der Waals surface area contributed by atoms with Gasteiger partial charge in [-0.25, -0.2) is 4.79 Å². The van der Waals surface area contributed by atoms with Crippen LogP contribution in [0.25, 0.3) is 6.08 Å². The number of anilines is 1. The molecular weight excluding hydrogens is 190 g/mol. The van der Waals surface area contributed by atoms with Crippen LogP contribution in [0.4, 0.5) is 5.69 Å². The molecule has 0 saturated heterocycles. The van der Waals surface area contributed by atoms with Crippen LogP contribution < -0.4 is 5.32 Å². The van der Waals surface area contributed by atoms with Crippen molar-refractivity contribution in [2.75, 3.05) is 11.9 Å². The lowest BCUT2D eigenvalue weighted by atomic mass is 10.1. The Labute approximate surface area is 89.4 Å². The van der Waals surface area contributed by atoms with Crippen LogP contribution in [0.5, 0.6) is 0 Å². The molecule has 0 aromatic heterocycles. The van der Waals surface area contributed by atoms with Gasteiger partial charge in [-0.3, -0.25) is 0 Å². The maximum Gasteiger partial charge on any atom is 0.336 e. The van der Waals surface area contributed by atoms with E-state index in [0.717, 1.165) is 18.7 Å². The van der Waals surface area contributed by atoms with Crippen LogP contribution in [0.2, 0.25) is 0 Å². The average Bonchev–Trinajstić information content (AvgIpc) is 2.25. The van der Waals surface area contributed by atoms with Crippen molar-refractivity contribution in [2.45, 2.75) is 13.3 Å². The van der Waals surface area contributed by atoms with Crippen LogP contribution in [-0.4, -0.2) is 17.6 Å². The molecule has 0 amide bonds. The molecular formula is C12H15NO2. The fourth-order valence-electron chi connectivity index (χ4n) is 1.31. The summed E-state index contributed by atoms with van der Waals surface area (Å²) >= 11 is 0. The zero-order valence-corrected chi connectivity index (χ0v) is 8.79. The molecule has 0 aliphatic rings. The van der Waals surface area contributed by atoms with Crippen LogP contribution in [-0.2, 0) is 0 Å². The van der Waals surface area contributed by atoms with Gasteiger partial charge in [0, 0.05) is 12.2 Å². The molecule has 1 aromatic rings. The standard InChI is InChI=1S/C12H15NO2/c1-3-7-13-10-5-6-11(12(14)15)9(4-2)8-10/h4-6,8,13H,2-3,7H2,1H3,(H,14,15). The van der Waals surface area contributed by atoms with Crippen molar-refractivity contribution < 1.29 is 9.90 Å². The predicted molar refractivity (Wildman–Crippen MR) is 62.3 cm³/mol. The highest BCUT2D eigenvalue weighted by atomic mass is 16.4. The van der Waals surface area contributed by atoms with E-state index in [0.29, 0.717) is 5.56 Å². The topological polar surface area (TPSA) is 49.3 Å². The van der Waals surface area contributed by atoms with Crippen molar-refractivity contribution in [3.05, 3.63) is 35.9 Å². The molecule has 0 atom stereocenters. The van der Waals surface area contributed by atoms with Crippen molar-refractivity contribution in [1.29, 1.82) is 0 Å². The van der Waals surface area contributed by atoms with Crippen molar-refractivity contribution >= 4 is 17.7 Å². The van der Waals surface area contributed by atoms with Crippen molar-refractivity contribution in [2.24, 2.45) is 0 Å². The molecule has 1 rings (SSSR count). The molecule has 2 N–H and O–H groups in total. The fourth-order valence-corrected chi connectivity index (χ4v) is 1.31. The summed E-state index contributed by atoms with van der Waals surface area (Å²) in [5.74, 6) is -0.924. The van der Waals surface area contributed by atoms with Gasteiger partial charge in [0.25, 0.3) is 0 Å². The molecule has 80 valence electrons. The Balaban J connectivity index is 2.97. The van der Waals surface area contributed by atoms with E-state index in [1.807, 2.05) is 0 Å². The number of hydrogen-bond donors (Lipinski definition) is 2. The summed E-state index contributed by atoms with van der Waals surface area (Å²) in [6, 6.07) is 5.16. The van der Waals surface area contributed by atoms with E-state index in [1.165, 1.54) is 0 Å². The molecule has 0 unspecified atom stereocenters. The van der Waals surface area contributed by atoms with Gasteiger partial charge < -0.3 is 10.4 Å². The maximum atomic E-state index is 10.8. The van der Waals surface area contributed by atoms with E-state index < -0.39 is 5.97 Å². The van der Waals surface area contributed by atoms with Crippen molar-refractivity contribution in [1.82, 2.24) is 0 Å². The number of carbonyl (C=O) groups is 1. The third-order valence-corrected chi connectivity index (χ3v) is 2.08. The zero-order valence-electron chi connectivity index (χ0n) is 8.79. The number of carboxylic acids is 1. The molecule has 0 fully saturated rings. The van der Waals surface area contributed by atoms with Gasteiger partial charge in [-0.05, 0) is 30.2 Å². The van der Waals surface area contributed by atoms with Gasteiger partial charge >= 0.3 is 5.97 Å². The Hall–Kier alpha value is -1.77.